The molecule has 5 fully saturated rings. The van der Waals surface area contributed by atoms with Gasteiger partial charge in [0.2, 0.25) is 12.4 Å². The molecular formula is C44H66O13. The molecule has 0 aromatic heterocycles. The first kappa shape index (κ1) is 43.5. The quantitative estimate of drug-likeness (QED) is 0.181. The van der Waals surface area contributed by atoms with E-state index in [9.17, 15) is 29.4 Å². The van der Waals surface area contributed by atoms with Gasteiger partial charge in [-0.15, -0.1) is 0 Å². The number of fused-ring (bicyclic) bond motifs is 7. The molecule has 6 aliphatic rings. The van der Waals surface area contributed by atoms with Gasteiger partial charge in [-0.1, -0.05) is 60.1 Å². The van der Waals surface area contributed by atoms with Gasteiger partial charge < -0.3 is 38.6 Å². The molecule has 1 saturated heterocycles. The fourth-order valence-electron chi connectivity index (χ4n) is 13.2. The first-order chi connectivity index (χ1) is 26.3. The Morgan fingerprint density at radius 2 is 1.32 bits per heavy atom. The zero-order chi connectivity index (χ0) is 42.3. The van der Waals surface area contributed by atoms with Gasteiger partial charge in [0.25, 0.3) is 0 Å². The number of aliphatic hydroxyl groups excluding tert-OH is 2. The topological polar surface area (TPSA) is 181 Å². The first-order valence-electron chi connectivity index (χ1n) is 20.9. The predicted octanol–water partition coefficient (Wildman–Crippen LogP) is 5.75. The van der Waals surface area contributed by atoms with Crippen LogP contribution >= 0.6 is 0 Å². The highest BCUT2D eigenvalue weighted by Crippen LogP contribution is 2.76. The van der Waals surface area contributed by atoms with Gasteiger partial charge >= 0.3 is 29.8 Å². The van der Waals surface area contributed by atoms with Crippen LogP contribution in [0.25, 0.3) is 0 Å². The second kappa shape index (κ2) is 14.9. The minimum absolute atomic E-state index is 0.0137. The van der Waals surface area contributed by atoms with Crippen molar-refractivity contribution in [2.24, 2.45) is 50.2 Å². The summed E-state index contributed by atoms with van der Waals surface area (Å²) in [6, 6.07) is 0. The third kappa shape index (κ3) is 7.13. The largest absolute Gasteiger partial charge is 0.463 e. The highest BCUT2D eigenvalue weighted by Gasteiger charge is 2.72. The molecule has 6 rings (SSSR count). The van der Waals surface area contributed by atoms with E-state index < -0.39 is 84.1 Å². The van der Waals surface area contributed by atoms with Crippen LogP contribution < -0.4 is 0 Å². The normalized spacial score (nSPS) is 44.3. The molecule has 5 unspecified atom stereocenters. The van der Waals surface area contributed by atoms with Crippen molar-refractivity contribution in [2.45, 2.75) is 177 Å². The van der Waals surface area contributed by atoms with E-state index in [1.807, 2.05) is 0 Å². The second-order valence-electron chi connectivity index (χ2n) is 20.3. The number of hydrogen-bond acceptors (Lipinski definition) is 13. The third-order valence-corrected chi connectivity index (χ3v) is 16.2. The van der Waals surface area contributed by atoms with Gasteiger partial charge in [0.05, 0.1) is 12.2 Å². The molecule has 0 aromatic carbocycles. The molecule has 2 N–H and O–H groups in total. The van der Waals surface area contributed by atoms with Crippen molar-refractivity contribution in [1.29, 1.82) is 0 Å². The Labute approximate surface area is 337 Å². The van der Waals surface area contributed by atoms with Crippen molar-refractivity contribution in [1.82, 2.24) is 0 Å². The molecule has 0 radical (unpaired) electrons. The Kier molecular flexibility index (Phi) is 11.4. The van der Waals surface area contributed by atoms with E-state index >= 15 is 4.79 Å². The van der Waals surface area contributed by atoms with Gasteiger partial charge in [0.1, 0.15) is 18.1 Å². The highest BCUT2D eigenvalue weighted by molar-refractivity contribution is 5.80. The van der Waals surface area contributed by atoms with E-state index in [4.69, 9.17) is 28.4 Å². The summed E-state index contributed by atoms with van der Waals surface area (Å²) >= 11 is 0. The Morgan fingerprint density at radius 3 is 1.93 bits per heavy atom. The van der Waals surface area contributed by atoms with Crippen LogP contribution in [-0.2, 0) is 52.4 Å². The highest BCUT2D eigenvalue weighted by atomic mass is 16.7. The number of carbonyl (C=O) groups excluding carboxylic acids is 5. The van der Waals surface area contributed by atoms with Crippen LogP contribution in [0.5, 0.6) is 0 Å². The summed E-state index contributed by atoms with van der Waals surface area (Å²) in [4.78, 5) is 64.4. The number of carbonyl (C=O) groups is 5. The van der Waals surface area contributed by atoms with Crippen molar-refractivity contribution in [2.75, 3.05) is 6.61 Å². The minimum Gasteiger partial charge on any atom is -0.463 e. The van der Waals surface area contributed by atoms with Crippen molar-refractivity contribution in [3.63, 3.8) is 0 Å². The van der Waals surface area contributed by atoms with Crippen LogP contribution in [0.4, 0.5) is 0 Å². The Morgan fingerprint density at radius 1 is 0.702 bits per heavy atom. The van der Waals surface area contributed by atoms with E-state index in [0.29, 0.717) is 37.5 Å². The average Bonchev–Trinajstić information content (AvgIpc) is 3.08. The van der Waals surface area contributed by atoms with Gasteiger partial charge in [0, 0.05) is 27.7 Å². The van der Waals surface area contributed by atoms with E-state index in [1.165, 1.54) is 12.5 Å². The molecular weight excluding hydrogens is 736 g/mol. The zero-order valence-corrected chi connectivity index (χ0v) is 35.8. The van der Waals surface area contributed by atoms with Crippen LogP contribution in [0.3, 0.4) is 0 Å². The number of allylic oxidation sites excluding steroid dienone is 2. The summed E-state index contributed by atoms with van der Waals surface area (Å²) in [6.07, 6.45) is -0.174. The molecule has 0 bridgehead atoms. The maximum atomic E-state index is 15.2. The van der Waals surface area contributed by atoms with E-state index in [1.54, 1.807) is 0 Å². The SMILES string of the molecule is CC(=O)OCC1O[C@H](OC(=O)[C@]23CCC(C)(C)C[C@H]2C2=CCC4[C@@]5(C)CC[C@H](O)C(C)(C)C5CC[C@@]4(C)[C@]2(C)C[C@H]3O)C(OC(C)=O)C(OC(C)=O)[C@@H]1OC(C)=O. The van der Waals surface area contributed by atoms with Gasteiger partial charge in [-0.25, -0.2) is 0 Å². The van der Waals surface area contributed by atoms with Crippen LogP contribution in [-0.4, -0.2) is 89.6 Å². The molecule has 1 aliphatic heterocycles. The lowest BCUT2D eigenvalue weighted by atomic mass is 9.33. The van der Waals surface area contributed by atoms with E-state index in [-0.39, 0.29) is 33.7 Å². The van der Waals surface area contributed by atoms with Crippen LogP contribution in [0.2, 0.25) is 0 Å². The molecule has 1 heterocycles. The lowest BCUT2D eigenvalue weighted by Gasteiger charge is -2.71. The summed E-state index contributed by atoms with van der Waals surface area (Å²) < 4.78 is 34.5. The van der Waals surface area contributed by atoms with Crippen molar-refractivity contribution in [3.8, 4) is 0 Å². The third-order valence-electron chi connectivity index (χ3n) is 16.2. The number of rotatable bonds is 7. The number of aliphatic hydroxyl groups is 2. The minimum atomic E-state index is -1.69. The van der Waals surface area contributed by atoms with Gasteiger partial charge in [-0.2, -0.15) is 0 Å². The molecule has 13 nitrogen and oxygen atoms in total. The fraction of sp³-hybridized carbons (Fsp3) is 0.841. The molecule has 320 valence electrons. The molecule has 13 heteroatoms. The van der Waals surface area contributed by atoms with Crippen molar-refractivity contribution >= 4 is 29.8 Å². The summed E-state index contributed by atoms with van der Waals surface area (Å²) in [5, 5.41) is 23.8. The maximum absolute atomic E-state index is 15.2. The van der Waals surface area contributed by atoms with Crippen LogP contribution in [0, 0.1) is 50.2 Å². The molecule has 57 heavy (non-hydrogen) atoms. The smallest absolute Gasteiger partial charge is 0.317 e. The standard InChI is InChI=1S/C44H66O13/c1-23(45)52-22-29-34(53-24(2)46)35(54-25(3)47)36(55-26(4)48)37(56-29)57-38(51)44-19-18-39(5,6)20-28(44)27-12-13-31-41(9)16-15-32(49)40(7,8)30(41)14-17-42(31,10)43(27,11)21-33(44)50/h12,28-37,49-50H,13-22H2,1-11H3/t28-,29?,30?,31?,32-,33+,34+,35?,36?,37+,41-,42+,43+,44+/m0/s1. The first-order valence-corrected chi connectivity index (χ1v) is 20.9. The molecule has 14 atom stereocenters. The van der Waals surface area contributed by atoms with E-state index in [0.717, 1.165) is 52.9 Å². The maximum Gasteiger partial charge on any atom is 0.317 e. The predicted molar refractivity (Wildman–Crippen MR) is 204 cm³/mol. The fourth-order valence-corrected chi connectivity index (χ4v) is 13.2. The Hall–Kier alpha value is -3.03. The van der Waals surface area contributed by atoms with Crippen molar-refractivity contribution < 1.29 is 62.6 Å². The lowest BCUT2D eigenvalue weighted by molar-refractivity contribution is -0.306. The van der Waals surface area contributed by atoms with Gasteiger partial charge in [-0.05, 0) is 103 Å². The van der Waals surface area contributed by atoms with Crippen LogP contribution in [0.1, 0.15) is 134 Å². The lowest BCUT2D eigenvalue weighted by Crippen LogP contribution is -2.68. The van der Waals surface area contributed by atoms with E-state index in [2.05, 4.69) is 54.5 Å². The summed E-state index contributed by atoms with van der Waals surface area (Å²) in [6.45, 7) is 20.0. The molecule has 0 aromatic rings. The molecule has 0 spiro atoms. The van der Waals surface area contributed by atoms with Crippen molar-refractivity contribution in [3.05, 3.63) is 11.6 Å². The number of hydrogen-bond donors (Lipinski definition) is 2. The molecule has 0 amide bonds. The van der Waals surface area contributed by atoms with Gasteiger partial charge in [0.15, 0.2) is 12.2 Å². The summed E-state index contributed by atoms with van der Waals surface area (Å²) in [5.74, 6) is -3.49. The average molecular weight is 803 g/mol. The Bertz CT molecular complexity index is 1670. The molecule has 4 saturated carbocycles. The van der Waals surface area contributed by atoms with Crippen LogP contribution in [0.15, 0.2) is 11.6 Å². The monoisotopic (exact) mass is 802 g/mol. The second-order valence-corrected chi connectivity index (χ2v) is 20.3. The summed E-state index contributed by atoms with van der Waals surface area (Å²) in [5.41, 5.74) is -1.24. The summed E-state index contributed by atoms with van der Waals surface area (Å²) in [7, 11) is 0. The number of ether oxygens (including phenoxy) is 6. The van der Waals surface area contributed by atoms with Gasteiger partial charge in [-0.3, -0.25) is 24.0 Å². The number of esters is 5. The zero-order valence-electron chi connectivity index (χ0n) is 35.8. The Balaban J connectivity index is 1.40. The molecule has 5 aliphatic carbocycles.